The van der Waals surface area contributed by atoms with Gasteiger partial charge >= 0.3 is 6.09 Å². The van der Waals surface area contributed by atoms with Crippen LogP contribution in [0.5, 0.6) is 5.75 Å². The first kappa shape index (κ1) is 15.6. The van der Waals surface area contributed by atoms with Crippen LogP contribution in [0.4, 0.5) is 4.79 Å². The maximum atomic E-state index is 12.3. The Kier molecular flexibility index (Phi) is 4.42. The number of amides is 1. The highest BCUT2D eigenvalue weighted by molar-refractivity contribution is 5.69. The first-order valence-corrected chi connectivity index (χ1v) is 7.14. The molecule has 5 heteroatoms. The van der Waals surface area contributed by atoms with Crippen LogP contribution in [0.15, 0.2) is 24.3 Å². The molecule has 1 heterocycles. The number of aliphatic hydroxyl groups is 1. The van der Waals surface area contributed by atoms with E-state index in [4.69, 9.17) is 9.47 Å². The molecule has 2 atom stereocenters. The van der Waals surface area contributed by atoms with Crippen LogP contribution in [0, 0.1) is 0 Å². The van der Waals surface area contributed by atoms with Crippen LogP contribution in [0.2, 0.25) is 0 Å². The van der Waals surface area contributed by atoms with Gasteiger partial charge in [0.05, 0.1) is 19.3 Å². The summed E-state index contributed by atoms with van der Waals surface area (Å²) in [5.41, 5.74) is 0.242. The lowest BCUT2D eigenvalue weighted by Crippen LogP contribution is -2.38. The predicted molar refractivity (Wildman–Crippen MR) is 79.3 cm³/mol. The zero-order valence-electron chi connectivity index (χ0n) is 13.0. The third kappa shape index (κ3) is 3.47. The molecule has 2 rings (SSSR count). The number of benzene rings is 1. The predicted octanol–water partition coefficient (Wildman–Crippen LogP) is 2.74. The summed E-state index contributed by atoms with van der Waals surface area (Å²) in [6.45, 7) is 5.96. The number of aliphatic hydroxyl groups excluding tert-OH is 1. The van der Waals surface area contributed by atoms with Gasteiger partial charge in [-0.3, -0.25) is 4.90 Å². The molecule has 1 N–H and O–H groups in total. The minimum atomic E-state index is -0.617. The molecule has 0 spiro atoms. The van der Waals surface area contributed by atoms with Crippen molar-refractivity contribution in [3.63, 3.8) is 0 Å². The van der Waals surface area contributed by atoms with E-state index in [-0.39, 0.29) is 0 Å². The summed E-state index contributed by atoms with van der Waals surface area (Å²) in [6.07, 6.45) is -0.495. The van der Waals surface area contributed by atoms with E-state index in [1.54, 1.807) is 12.0 Å². The van der Waals surface area contributed by atoms with E-state index >= 15 is 0 Å². The molecule has 5 nitrogen and oxygen atoms in total. The Morgan fingerprint density at radius 3 is 2.62 bits per heavy atom. The summed E-state index contributed by atoms with van der Waals surface area (Å²) in [4.78, 5) is 13.9. The Bertz CT molecular complexity index is 509. The highest BCUT2D eigenvalue weighted by atomic mass is 16.6. The van der Waals surface area contributed by atoms with E-state index in [0.717, 1.165) is 5.56 Å². The van der Waals surface area contributed by atoms with E-state index < -0.39 is 23.8 Å². The van der Waals surface area contributed by atoms with Gasteiger partial charge in [-0.05, 0) is 33.3 Å². The maximum absolute atomic E-state index is 12.3. The first-order chi connectivity index (χ1) is 9.83. The lowest BCUT2D eigenvalue weighted by molar-refractivity contribution is 0.0149. The summed E-state index contributed by atoms with van der Waals surface area (Å²) < 4.78 is 10.8. The van der Waals surface area contributed by atoms with Crippen LogP contribution in [0.25, 0.3) is 0 Å². The van der Waals surface area contributed by atoms with Gasteiger partial charge in [0.15, 0.2) is 0 Å². The van der Waals surface area contributed by atoms with Gasteiger partial charge in [0.1, 0.15) is 11.4 Å². The quantitative estimate of drug-likeness (QED) is 0.911. The van der Waals surface area contributed by atoms with Crippen molar-refractivity contribution in [2.75, 3.05) is 13.7 Å². The van der Waals surface area contributed by atoms with E-state index in [9.17, 15) is 9.90 Å². The zero-order valence-corrected chi connectivity index (χ0v) is 13.0. The molecule has 1 aliphatic heterocycles. The molecule has 1 aliphatic rings. The van der Waals surface area contributed by atoms with Gasteiger partial charge in [-0.2, -0.15) is 0 Å². The van der Waals surface area contributed by atoms with Crippen LogP contribution in [-0.2, 0) is 4.74 Å². The minimum absolute atomic E-state index is 0.407. The average molecular weight is 293 g/mol. The van der Waals surface area contributed by atoms with Crippen molar-refractivity contribution in [1.82, 2.24) is 4.90 Å². The van der Waals surface area contributed by atoms with Crippen LogP contribution in [0.3, 0.4) is 0 Å². The van der Waals surface area contributed by atoms with Crippen LogP contribution in [0.1, 0.15) is 38.8 Å². The summed E-state index contributed by atoms with van der Waals surface area (Å²) in [6, 6.07) is 7.00. The van der Waals surface area contributed by atoms with Crippen molar-refractivity contribution >= 4 is 6.09 Å². The van der Waals surface area contributed by atoms with Crippen molar-refractivity contribution < 1.29 is 19.4 Å². The molecule has 0 unspecified atom stereocenters. The number of carbonyl (C=O) groups is 1. The van der Waals surface area contributed by atoms with E-state index in [1.807, 2.05) is 45.0 Å². The Morgan fingerprint density at radius 1 is 1.33 bits per heavy atom. The second-order valence-electron chi connectivity index (χ2n) is 6.22. The number of ether oxygens (including phenoxy) is 2. The van der Waals surface area contributed by atoms with Gasteiger partial charge in [-0.15, -0.1) is 0 Å². The Morgan fingerprint density at radius 2 is 2.00 bits per heavy atom. The number of likely N-dealkylation sites (tertiary alicyclic amines) is 1. The number of carbonyl (C=O) groups excluding carboxylic acids is 1. The van der Waals surface area contributed by atoms with Crippen molar-refractivity contribution in [1.29, 1.82) is 0 Å². The minimum Gasteiger partial charge on any atom is -0.496 e. The fraction of sp³-hybridized carbons (Fsp3) is 0.562. The molecule has 0 radical (unpaired) electrons. The van der Waals surface area contributed by atoms with Gasteiger partial charge in [-0.25, -0.2) is 4.79 Å². The average Bonchev–Trinajstić information content (AvgIpc) is 2.78. The monoisotopic (exact) mass is 293 g/mol. The molecule has 1 saturated heterocycles. The number of rotatable bonds is 2. The summed E-state index contributed by atoms with van der Waals surface area (Å²) >= 11 is 0. The van der Waals surface area contributed by atoms with Crippen molar-refractivity contribution in [3.8, 4) is 5.75 Å². The van der Waals surface area contributed by atoms with Gasteiger partial charge < -0.3 is 14.6 Å². The molecule has 1 fully saturated rings. The molecule has 1 aromatic carbocycles. The smallest absolute Gasteiger partial charge is 0.410 e. The fourth-order valence-electron chi connectivity index (χ4n) is 2.59. The molecule has 21 heavy (non-hydrogen) atoms. The van der Waals surface area contributed by atoms with Crippen molar-refractivity contribution in [2.24, 2.45) is 0 Å². The maximum Gasteiger partial charge on any atom is 0.410 e. The molecule has 1 amide bonds. The third-order valence-electron chi connectivity index (χ3n) is 3.45. The molecule has 0 bridgehead atoms. The second kappa shape index (κ2) is 5.93. The number of para-hydroxylation sites is 1. The van der Waals surface area contributed by atoms with Gasteiger partial charge in [0.2, 0.25) is 0 Å². The number of nitrogens with zero attached hydrogens (tertiary/aromatic N) is 1. The second-order valence-corrected chi connectivity index (χ2v) is 6.22. The molecular formula is C16H23NO4. The fourth-order valence-corrected chi connectivity index (χ4v) is 2.59. The van der Waals surface area contributed by atoms with E-state index in [1.165, 1.54) is 0 Å². The number of methoxy groups -OCH3 is 1. The highest BCUT2D eigenvalue weighted by Gasteiger charge is 2.40. The van der Waals surface area contributed by atoms with Gasteiger partial charge in [0.25, 0.3) is 0 Å². The van der Waals surface area contributed by atoms with Gasteiger partial charge in [-0.1, -0.05) is 18.2 Å². The summed E-state index contributed by atoms with van der Waals surface area (Å²) in [5, 5.41) is 10.3. The van der Waals surface area contributed by atoms with Crippen molar-refractivity contribution in [3.05, 3.63) is 29.8 Å². The number of hydrogen-bond acceptors (Lipinski definition) is 4. The molecular weight excluding hydrogens is 270 g/mol. The highest BCUT2D eigenvalue weighted by Crippen LogP contribution is 2.37. The van der Waals surface area contributed by atoms with Crippen LogP contribution < -0.4 is 4.74 Å². The molecule has 0 aliphatic carbocycles. The Balaban J connectivity index is 2.29. The first-order valence-electron chi connectivity index (χ1n) is 7.14. The molecule has 0 saturated carbocycles. The summed E-state index contributed by atoms with van der Waals surface area (Å²) in [5.74, 6) is 0.664. The largest absolute Gasteiger partial charge is 0.496 e. The Labute approximate surface area is 125 Å². The zero-order chi connectivity index (χ0) is 15.6. The topological polar surface area (TPSA) is 59.0 Å². The Hall–Kier alpha value is -1.75. The lowest BCUT2D eigenvalue weighted by atomic mass is 10.0. The molecule has 116 valence electrons. The van der Waals surface area contributed by atoms with Gasteiger partial charge in [0, 0.05) is 12.1 Å². The van der Waals surface area contributed by atoms with Crippen LogP contribution >= 0.6 is 0 Å². The van der Waals surface area contributed by atoms with Crippen LogP contribution in [-0.4, -0.2) is 41.5 Å². The molecule has 0 aromatic heterocycles. The number of hydrogen-bond donors (Lipinski definition) is 1. The van der Waals surface area contributed by atoms with E-state index in [2.05, 4.69) is 0 Å². The lowest BCUT2D eigenvalue weighted by Gasteiger charge is -2.30. The summed E-state index contributed by atoms with van der Waals surface area (Å²) in [7, 11) is 1.58. The molecule has 1 aromatic rings. The van der Waals surface area contributed by atoms with Crippen molar-refractivity contribution in [2.45, 2.75) is 44.9 Å². The third-order valence-corrected chi connectivity index (χ3v) is 3.45. The normalized spacial score (nSPS) is 22.2. The van der Waals surface area contributed by atoms with E-state index in [0.29, 0.717) is 18.7 Å². The SMILES string of the molecule is COc1ccccc1[C@H]1[C@@H](O)CCN1C(=O)OC(C)(C)C. The standard InChI is InChI=1S/C16H23NO4/c1-16(2,3)21-15(19)17-10-9-12(18)14(17)11-7-5-6-8-13(11)20-4/h5-8,12,14,18H,9-10H2,1-4H3/t12-,14-/m0/s1.